The maximum absolute atomic E-state index is 4.48. The van der Waals surface area contributed by atoms with Gasteiger partial charge in [-0.2, -0.15) is 5.10 Å². The SMILES string of the molecule is Brc1cnc2c(-n3ncc4ccccc43)ccnc2c1. The van der Waals surface area contributed by atoms with E-state index < -0.39 is 0 Å². The first-order chi connectivity index (χ1) is 9.83. The van der Waals surface area contributed by atoms with Crippen molar-refractivity contribution in [2.24, 2.45) is 0 Å². The largest absolute Gasteiger partial charge is 0.254 e. The fraction of sp³-hybridized carbons (Fsp3) is 0. The molecule has 0 aliphatic rings. The van der Waals surface area contributed by atoms with E-state index in [4.69, 9.17) is 0 Å². The van der Waals surface area contributed by atoms with E-state index in [9.17, 15) is 0 Å². The van der Waals surface area contributed by atoms with Crippen LogP contribution in [0.5, 0.6) is 0 Å². The number of halogens is 1. The molecule has 0 amide bonds. The number of pyridine rings is 2. The van der Waals surface area contributed by atoms with Crippen molar-refractivity contribution in [3.8, 4) is 5.69 Å². The van der Waals surface area contributed by atoms with E-state index >= 15 is 0 Å². The summed E-state index contributed by atoms with van der Waals surface area (Å²) in [5, 5.41) is 5.58. The molecule has 20 heavy (non-hydrogen) atoms. The molecular formula is C15H9BrN4. The summed E-state index contributed by atoms with van der Waals surface area (Å²) >= 11 is 3.42. The minimum absolute atomic E-state index is 0.838. The zero-order valence-electron chi connectivity index (χ0n) is 10.4. The highest BCUT2D eigenvalue weighted by molar-refractivity contribution is 9.10. The van der Waals surface area contributed by atoms with Crippen molar-refractivity contribution in [1.29, 1.82) is 0 Å². The van der Waals surface area contributed by atoms with Gasteiger partial charge >= 0.3 is 0 Å². The van der Waals surface area contributed by atoms with Crippen molar-refractivity contribution < 1.29 is 0 Å². The smallest absolute Gasteiger partial charge is 0.114 e. The predicted molar refractivity (Wildman–Crippen MR) is 81.9 cm³/mol. The standard InChI is InChI=1S/C15H9BrN4/c16-11-7-12-15(18-9-11)14(5-6-17-12)20-13-4-2-1-3-10(13)8-19-20/h1-9H. The monoisotopic (exact) mass is 324 g/mol. The van der Waals surface area contributed by atoms with E-state index in [1.54, 1.807) is 12.4 Å². The summed E-state index contributed by atoms with van der Waals surface area (Å²) < 4.78 is 2.82. The summed E-state index contributed by atoms with van der Waals surface area (Å²) in [5.74, 6) is 0. The lowest BCUT2D eigenvalue weighted by Crippen LogP contribution is -1.99. The van der Waals surface area contributed by atoms with Crippen LogP contribution in [0.3, 0.4) is 0 Å². The third kappa shape index (κ3) is 1.71. The van der Waals surface area contributed by atoms with Crippen molar-refractivity contribution in [2.45, 2.75) is 0 Å². The van der Waals surface area contributed by atoms with Gasteiger partial charge in [0.15, 0.2) is 0 Å². The Balaban J connectivity index is 2.07. The number of para-hydroxylation sites is 1. The van der Waals surface area contributed by atoms with E-state index in [1.165, 1.54) is 0 Å². The van der Waals surface area contributed by atoms with Crippen LogP contribution in [0, 0.1) is 0 Å². The molecule has 0 N–H and O–H groups in total. The molecule has 5 heteroatoms. The van der Waals surface area contributed by atoms with Gasteiger partial charge in [0.05, 0.1) is 22.9 Å². The lowest BCUT2D eigenvalue weighted by molar-refractivity contribution is 0.913. The Bertz CT molecular complexity index is 929. The quantitative estimate of drug-likeness (QED) is 0.536. The molecule has 0 aliphatic heterocycles. The van der Waals surface area contributed by atoms with Crippen LogP contribution in [0.1, 0.15) is 0 Å². The van der Waals surface area contributed by atoms with Gasteiger partial charge in [-0.15, -0.1) is 0 Å². The molecule has 4 aromatic rings. The summed E-state index contributed by atoms with van der Waals surface area (Å²) in [6.07, 6.45) is 5.42. The molecule has 0 aliphatic carbocycles. The molecule has 0 unspecified atom stereocenters. The minimum atomic E-state index is 0.838. The topological polar surface area (TPSA) is 43.6 Å². The summed E-state index contributed by atoms with van der Waals surface area (Å²) in [6, 6.07) is 12.0. The van der Waals surface area contributed by atoms with Gasteiger partial charge < -0.3 is 0 Å². The molecule has 0 atom stereocenters. The molecule has 3 heterocycles. The van der Waals surface area contributed by atoms with Crippen molar-refractivity contribution >= 4 is 37.9 Å². The van der Waals surface area contributed by atoms with Gasteiger partial charge in [0.2, 0.25) is 0 Å². The van der Waals surface area contributed by atoms with Crippen molar-refractivity contribution in [2.75, 3.05) is 0 Å². The first kappa shape index (κ1) is 11.5. The number of benzene rings is 1. The van der Waals surface area contributed by atoms with Crippen LogP contribution in [0.25, 0.3) is 27.6 Å². The van der Waals surface area contributed by atoms with Gasteiger partial charge in [-0.1, -0.05) is 18.2 Å². The third-order valence-corrected chi connectivity index (χ3v) is 3.66. The lowest BCUT2D eigenvalue weighted by Gasteiger charge is -2.06. The Labute approximate surface area is 123 Å². The second-order valence-electron chi connectivity index (χ2n) is 4.47. The highest BCUT2D eigenvalue weighted by atomic mass is 79.9. The number of fused-ring (bicyclic) bond motifs is 2. The van der Waals surface area contributed by atoms with Gasteiger partial charge in [-0.25, -0.2) is 4.68 Å². The third-order valence-electron chi connectivity index (χ3n) is 3.23. The van der Waals surface area contributed by atoms with E-state index in [2.05, 4.69) is 31.0 Å². The maximum Gasteiger partial charge on any atom is 0.114 e. The molecule has 0 bridgehead atoms. The van der Waals surface area contributed by atoms with Crippen LogP contribution in [-0.2, 0) is 0 Å². The van der Waals surface area contributed by atoms with Gasteiger partial charge in [-0.05, 0) is 34.1 Å². The fourth-order valence-electron chi connectivity index (χ4n) is 2.33. The van der Waals surface area contributed by atoms with Gasteiger partial charge in [0, 0.05) is 22.3 Å². The van der Waals surface area contributed by atoms with Crippen LogP contribution in [0.4, 0.5) is 0 Å². The average Bonchev–Trinajstić information content (AvgIpc) is 2.90. The molecule has 0 saturated heterocycles. The second-order valence-corrected chi connectivity index (χ2v) is 5.38. The van der Waals surface area contributed by atoms with Crippen molar-refractivity contribution in [1.82, 2.24) is 19.7 Å². The molecular weight excluding hydrogens is 316 g/mol. The van der Waals surface area contributed by atoms with E-state index in [-0.39, 0.29) is 0 Å². The Morgan fingerprint density at radius 2 is 1.90 bits per heavy atom. The summed E-state index contributed by atoms with van der Waals surface area (Å²) in [7, 11) is 0. The average molecular weight is 325 g/mol. The normalized spacial score (nSPS) is 11.2. The van der Waals surface area contributed by atoms with Crippen LogP contribution >= 0.6 is 15.9 Å². The number of hydrogen-bond donors (Lipinski definition) is 0. The van der Waals surface area contributed by atoms with Gasteiger partial charge in [0.1, 0.15) is 5.52 Å². The molecule has 0 spiro atoms. The van der Waals surface area contributed by atoms with Crippen LogP contribution in [0.2, 0.25) is 0 Å². The zero-order chi connectivity index (χ0) is 13.5. The van der Waals surface area contributed by atoms with Crippen LogP contribution in [0.15, 0.2) is 59.5 Å². The number of hydrogen-bond acceptors (Lipinski definition) is 3. The number of nitrogens with zero attached hydrogens (tertiary/aromatic N) is 4. The number of rotatable bonds is 1. The van der Waals surface area contributed by atoms with E-state index in [1.807, 2.05) is 47.3 Å². The van der Waals surface area contributed by atoms with Crippen molar-refractivity contribution in [3.05, 3.63) is 59.5 Å². The van der Waals surface area contributed by atoms with Gasteiger partial charge in [0.25, 0.3) is 0 Å². The van der Waals surface area contributed by atoms with Crippen LogP contribution < -0.4 is 0 Å². The molecule has 0 radical (unpaired) electrons. The van der Waals surface area contributed by atoms with E-state index in [0.717, 1.165) is 32.1 Å². The molecule has 4 rings (SSSR count). The molecule has 0 fully saturated rings. The van der Waals surface area contributed by atoms with Crippen LogP contribution in [-0.4, -0.2) is 19.7 Å². The van der Waals surface area contributed by atoms with Crippen molar-refractivity contribution in [3.63, 3.8) is 0 Å². The Kier molecular flexibility index (Phi) is 2.53. The highest BCUT2D eigenvalue weighted by Gasteiger charge is 2.09. The Morgan fingerprint density at radius 1 is 1.00 bits per heavy atom. The summed E-state index contributed by atoms with van der Waals surface area (Å²) in [6.45, 7) is 0. The highest BCUT2D eigenvalue weighted by Crippen LogP contribution is 2.24. The predicted octanol–water partition coefficient (Wildman–Crippen LogP) is 3.73. The number of aromatic nitrogens is 4. The summed E-state index contributed by atoms with van der Waals surface area (Å²) in [4.78, 5) is 8.83. The Morgan fingerprint density at radius 3 is 2.85 bits per heavy atom. The lowest BCUT2D eigenvalue weighted by atomic mass is 10.2. The molecule has 3 aromatic heterocycles. The molecule has 1 aromatic carbocycles. The molecule has 96 valence electrons. The first-order valence-electron chi connectivity index (χ1n) is 6.16. The van der Waals surface area contributed by atoms with Gasteiger partial charge in [-0.3, -0.25) is 9.97 Å². The summed E-state index contributed by atoms with van der Waals surface area (Å²) in [5.41, 5.74) is 3.68. The minimum Gasteiger partial charge on any atom is -0.254 e. The Hall–Kier alpha value is -2.27. The van der Waals surface area contributed by atoms with E-state index in [0.29, 0.717) is 0 Å². The zero-order valence-corrected chi connectivity index (χ0v) is 11.9. The molecule has 0 saturated carbocycles. The molecule has 4 nitrogen and oxygen atoms in total. The maximum atomic E-state index is 4.48. The second kappa shape index (κ2) is 4.38. The first-order valence-corrected chi connectivity index (χ1v) is 6.96. The fourth-order valence-corrected chi connectivity index (χ4v) is 2.65.